The molecule has 3 rings (SSSR count). The van der Waals surface area contributed by atoms with E-state index in [9.17, 15) is 0 Å². The van der Waals surface area contributed by atoms with Gasteiger partial charge in [-0.15, -0.1) is 0 Å². The molecule has 1 saturated carbocycles. The van der Waals surface area contributed by atoms with Crippen molar-refractivity contribution >= 4 is 17.3 Å². The maximum atomic E-state index is 6.58. The van der Waals surface area contributed by atoms with Gasteiger partial charge in [-0.3, -0.25) is 0 Å². The van der Waals surface area contributed by atoms with Crippen LogP contribution in [0.1, 0.15) is 50.6 Å². The lowest BCUT2D eigenvalue weighted by Crippen LogP contribution is -2.42. The van der Waals surface area contributed by atoms with E-state index in [2.05, 4.69) is 35.3 Å². The Labute approximate surface area is 127 Å². The molecule has 20 heavy (non-hydrogen) atoms. The number of rotatable bonds is 3. The van der Waals surface area contributed by atoms with E-state index in [1.807, 2.05) is 7.05 Å². The summed E-state index contributed by atoms with van der Waals surface area (Å²) in [6, 6.07) is 7.67. The Bertz CT molecular complexity index is 474. The number of benzene rings is 1. The molecule has 1 aromatic rings. The molecule has 1 saturated heterocycles. The maximum Gasteiger partial charge on any atom is 0.0642 e. The number of nitrogens with zero attached hydrogens (tertiary/aromatic N) is 1. The van der Waals surface area contributed by atoms with Crippen LogP contribution in [0.4, 0.5) is 5.69 Å². The molecule has 1 aromatic carbocycles. The quantitative estimate of drug-likeness (QED) is 0.889. The van der Waals surface area contributed by atoms with Gasteiger partial charge in [-0.25, -0.2) is 0 Å². The van der Waals surface area contributed by atoms with Gasteiger partial charge >= 0.3 is 0 Å². The standard InChI is InChI=1S/C17H25ClN2/c1-12(19-2)14-8-9-17(15(18)11-14)20-10-4-6-13-5-3-7-16(13)20/h8-9,11-13,16,19H,3-7,10H2,1-2H3. The van der Waals surface area contributed by atoms with Crippen LogP contribution in [0.5, 0.6) is 0 Å². The zero-order valence-corrected chi connectivity index (χ0v) is 13.3. The molecule has 1 aliphatic carbocycles. The third kappa shape index (κ3) is 2.56. The van der Waals surface area contributed by atoms with E-state index < -0.39 is 0 Å². The molecule has 3 atom stereocenters. The number of fused-ring (bicyclic) bond motifs is 1. The second kappa shape index (κ2) is 5.95. The fourth-order valence-electron chi connectivity index (χ4n) is 3.95. The zero-order valence-electron chi connectivity index (χ0n) is 12.5. The molecule has 1 N–H and O–H groups in total. The summed E-state index contributed by atoms with van der Waals surface area (Å²) in [5.41, 5.74) is 2.51. The molecule has 110 valence electrons. The molecule has 0 spiro atoms. The van der Waals surface area contributed by atoms with E-state index in [1.165, 1.54) is 49.9 Å². The third-order valence-corrected chi connectivity index (χ3v) is 5.51. The molecule has 3 heteroatoms. The smallest absolute Gasteiger partial charge is 0.0642 e. The van der Waals surface area contributed by atoms with Crippen molar-refractivity contribution < 1.29 is 0 Å². The van der Waals surface area contributed by atoms with E-state index in [1.54, 1.807) is 0 Å². The van der Waals surface area contributed by atoms with Crippen LogP contribution in [0, 0.1) is 5.92 Å². The van der Waals surface area contributed by atoms with Gasteiger partial charge in [0.1, 0.15) is 0 Å². The Kier molecular flexibility index (Phi) is 4.23. The fraction of sp³-hybridized carbons (Fsp3) is 0.647. The number of piperidine rings is 1. The topological polar surface area (TPSA) is 15.3 Å². The summed E-state index contributed by atoms with van der Waals surface area (Å²) < 4.78 is 0. The van der Waals surface area contributed by atoms with Crippen LogP contribution in [0.2, 0.25) is 5.02 Å². The van der Waals surface area contributed by atoms with E-state index in [0.717, 1.165) is 17.0 Å². The molecule has 0 aromatic heterocycles. The van der Waals surface area contributed by atoms with Crippen LogP contribution < -0.4 is 10.2 Å². The van der Waals surface area contributed by atoms with Crippen LogP contribution in [0.3, 0.4) is 0 Å². The van der Waals surface area contributed by atoms with Crippen LogP contribution in [-0.4, -0.2) is 19.6 Å². The first-order chi connectivity index (χ1) is 9.70. The second-order valence-electron chi connectivity index (χ2n) is 6.32. The SMILES string of the molecule is CNC(C)c1ccc(N2CCCC3CCCC32)c(Cl)c1. The highest BCUT2D eigenvalue weighted by atomic mass is 35.5. The highest BCUT2D eigenvalue weighted by Gasteiger charge is 2.35. The normalized spacial score (nSPS) is 27.4. The van der Waals surface area contributed by atoms with Crippen molar-refractivity contribution in [1.82, 2.24) is 5.32 Å². The summed E-state index contributed by atoms with van der Waals surface area (Å²) in [6.45, 7) is 3.33. The predicted octanol–water partition coefficient (Wildman–Crippen LogP) is 4.39. The molecule has 2 fully saturated rings. The summed E-state index contributed by atoms with van der Waals surface area (Å²) in [5.74, 6) is 0.899. The third-order valence-electron chi connectivity index (χ3n) is 5.21. The van der Waals surface area contributed by atoms with E-state index in [0.29, 0.717) is 6.04 Å². The Morgan fingerprint density at radius 2 is 2.05 bits per heavy atom. The van der Waals surface area contributed by atoms with Crippen LogP contribution >= 0.6 is 11.6 Å². The van der Waals surface area contributed by atoms with Crippen LogP contribution in [-0.2, 0) is 0 Å². The Balaban J connectivity index is 1.86. The summed E-state index contributed by atoms with van der Waals surface area (Å²) in [6.07, 6.45) is 6.86. The number of halogens is 1. The largest absolute Gasteiger partial charge is 0.367 e. The average Bonchev–Trinajstić information content (AvgIpc) is 2.95. The number of hydrogen-bond donors (Lipinski definition) is 1. The Morgan fingerprint density at radius 1 is 1.25 bits per heavy atom. The zero-order chi connectivity index (χ0) is 14.1. The molecule has 0 radical (unpaired) electrons. The minimum atomic E-state index is 0.349. The molecule has 2 nitrogen and oxygen atoms in total. The molecule has 0 bridgehead atoms. The lowest BCUT2D eigenvalue weighted by molar-refractivity contribution is 0.362. The fourth-order valence-corrected chi connectivity index (χ4v) is 4.24. The Hall–Kier alpha value is -0.730. The van der Waals surface area contributed by atoms with E-state index >= 15 is 0 Å². The van der Waals surface area contributed by atoms with Gasteiger partial charge in [-0.05, 0) is 63.3 Å². The molecular formula is C17H25ClN2. The van der Waals surface area contributed by atoms with Gasteiger partial charge in [0.15, 0.2) is 0 Å². The lowest BCUT2D eigenvalue weighted by atomic mass is 9.91. The van der Waals surface area contributed by atoms with Gasteiger partial charge in [-0.2, -0.15) is 0 Å². The van der Waals surface area contributed by atoms with Crippen molar-refractivity contribution in [1.29, 1.82) is 0 Å². The maximum absolute atomic E-state index is 6.58. The first kappa shape index (κ1) is 14.2. The first-order valence-electron chi connectivity index (χ1n) is 7.94. The van der Waals surface area contributed by atoms with Crippen molar-refractivity contribution in [3.8, 4) is 0 Å². The average molecular weight is 293 g/mol. The predicted molar refractivity (Wildman–Crippen MR) is 86.6 cm³/mol. The minimum absolute atomic E-state index is 0.349. The van der Waals surface area contributed by atoms with E-state index in [4.69, 9.17) is 11.6 Å². The lowest BCUT2D eigenvalue weighted by Gasteiger charge is -2.40. The number of hydrogen-bond acceptors (Lipinski definition) is 2. The Morgan fingerprint density at radius 3 is 2.80 bits per heavy atom. The molecule has 1 heterocycles. The highest BCUT2D eigenvalue weighted by molar-refractivity contribution is 6.33. The molecule has 3 unspecified atom stereocenters. The number of nitrogens with one attached hydrogen (secondary N) is 1. The van der Waals surface area contributed by atoms with Gasteiger partial charge in [0, 0.05) is 18.6 Å². The summed E-state index contributed by atoms with van der Waals surface area (Å²) in [4.78, 5) is 2.58. The summed E-state index contributed by atoms with van der Waals surface area (Å²) in [7, 11) is 1.99. The van der Waals surface area contributed by atoms with Gasteiger partial charge in [0.25, 0.3) is 0 Å². The monoisotopic (exact) mass is 292 g/mol. The number of anilines is 1. The van der Waals surface area contributed by atoms with Crippen molar-refractivity contribution in [2.45, 2.75) is 51.1 Å². The van der Waals surface area contributed by atoms with Gasteiger partial charge in [-0.1, -0.05) is 24.1 Å². The second-order valence-corrected chi connectivity index (χ2v) is 6.72. The summed E-state index contributed by atoms with van der Waals surface area (Å²) >= 11 is 6.58. The molecule has 1 aliphatic heterocycles. The molecule has 2 aliphatic rings. The van der Waals surface area contributed by atoms with Crippen LogP contribution in [0.25, 0.3) is 0 Å². The van der Waals surface area contributed by atoms with Gasteiger partial charge in [0.2, 0.25) is 0 Å². The van der Waals surface area contributed by atoms with E-state index in [-0.39, 0.29) is 0 Å². The highest BCUT2D eigenvalue weighted by Crippen LogP contribution is 2.41. The van der Waals surface area contributed by atoms with Gasteiger partial charge < -0.3 is 10.2 Å². The minimum Gasteiger partial charge on any atom is -0.367 e. The van der Waals surface area contributed by atoms with Crippen molar-refractivity contribution in [2.24, 2.45) is 5.92 Å². The molecular weight excluding hydrogens is 268 g/mol. The van der Waals surface area contributed by atoms with Crippen molar-refractivity contribution in [3.63, 3.8) is 0 Å². The van der Waals surface area contributed by atoms with Gasteiger partial charge in [0.05, 0.1) is 10.7 Å². The van der Waals surface area contributed by atoms with Crippen molar-refractivity contribution in [3.05, 3.63) is 28.8 Å². The van der Waals surface area contributed by atoms with Crippen molar-refractivity contribution in [2.75, 3.05) is 18.5 Å². The molecule has 0 amide bonds. The first-order valence-corrected chi connectivity index (χ1v) is 8.32. The van der Waals surface area contributed by atoms with Crippen LogP contribution in [0.15, 0.2) is 18.2 Å². The summed E-state index contributed by atoms with van der Waals surface area (Å²) in [5, 5.41) is 4.19.